The van der Waals surface area contributed by atoms with Crippen LogP contribution in [0.2, 0.25) is 0 Å². The molecule has 1 aromatic carbocycles. The number of aromatic nitrogens is 1. The summed E-state index contributed by atoms with van der Waals surface area (Å²) in [5.74, 6) is 2.86. The van der Waals surface area contributed by atoms with Crippen molar-refractivity contribution in [2.24, 2.45) is 10.9 Å². The van der Waals surface area contributed by atoms with Crippen LogP contribution >= 0.6 is 0 Å². The Hall–Kier alpha value is -2.30. The third-order valence-electron chi connectivity index (χ3n) is 3.62. The molecule has 2 aromatic rings. The first-order valence-electron chi connectivity index (χ1n) is 8.62. The lowest BCUT2D eigenvalue weighted by Crippen LogP contribution is -2.38. The number of benzene rings is 1. The maximum atomic E-state index is 5.81. The number of oxazole rings is 1. The molecule has 2 N–H and O–H groups in total. The summed E-state index contributed by atoms with van der Waals surface area (Å²) in [6.45, 7) is 10.7. The Kier molecular flexibility index (Phi) is 6.85. The maximum absolute atomic E-state index is 5.81. The third kappa shape index (κ3) is 5.72. The molecule has 0 radical (unpaired) electrons. The molecule has 130 valence electrons. The zero-order valence-corrected chi connectivity index (χ0v) is 15.1. The van der Waals surface area contributed by atoms with Gasteiger partial charge in [-0.2, -0.15) is 0 Å². The Balaban J connectivity index is 1.97. The Morgan fingerprint density at radius 1 is 1.21 bits per heavy atom. The molecule has 2 rings (SSSR count). The summed E-state index contributed by atoms with van der Waals surface area (Å²) in [6.07, 6.45) is 2.87. The predicted molar refractivity (Wildman–Crippen MR) is 98.9 cm³/mol. The number of nitrogens with one attached hydrogen (secondary N) is 2. The van der Waals surface area contributed by atoms with Gasteiger partial charge in [-0.15, -0.1) is 0 Å². The van der Waals surface area contributed by atoms with E-state index in [1.807, 2.05) is 12.1 Å². The van der Waals surface area contributed by atoms with Gasteiger partial charge in [-0.3, -0.25) is 0 Å². The molecule has 0 aliphatic heterocycles. The molecule has 0 saturated heterocycles. The second-order valence-corrected chi connectivity index (χ2v) is 6.29. The fourth-order valence-electron chi connectivity index (χ4n) is 2.20. The topological polar surface area (TPSA) is 62.5 Å². The summed E-state index contributed by atoms with van der Waals surface area (Å²) in [6, 6.07) is 8.22. The monoisotopic (exact) mass is 328 g/mol. The molecule has 1 heterocycles. The summed E-state index contributed by atoms with van der Waals surface area (Å²) >= 11 is 0. The molecule has 1 aromatic heterocycles. The molecule has 0 spiro atoms. The van der Waals surface area contributed by atoms with E-state index in [-0.39, 0.29) is 0 Å². The molecule has 0 atom stereocenters. The number of hydrogen-bond acceptors (Lipinski definition) is 3. The fraction of sp³-hybridized carbons (Fsp3) is 0.474. The van der Waals surface area contributed by atoms with Crippen molar-refractivity contribution in [2.45, 2.75) is 40.7 Å². The highest BCUT2D eigenvalue weighted by molar-refractivity contribution is 5.79. The first-order valence-corrected chi connectivity index (χ1v) is 8.62. The molecule has 0 aliphatic rings. The van der Waals surface area contributed by atoms with Gasteiger partial charge in [0.2, 0.25) is 5.89 Å². The average molecular weight is 328 g/mol. The van der Waals surface area contributed by atoms with Crippen molar-refractivity contribution in [1.29, 1.82) is 0 Å². The molecule has 0 saturated carbocycles. The molecular formula is C19H28N4O. The number of nitrogens with zero attached hydrogens (tertiary/aromatic N) is 2. The molecule has 0 fully saturated rings. The number of guanidine groups is 1. The predicted octanol–water partition coefficient (Wildman–Crippen LogP) is 3.75. The van der Waals surface area contributed by atoms with Gasteiger partial charge in [0, 0.05) is 18.7 Å². The van der Waals surface area contributed by atoms with E-state index >= 15 is 0 Å². The molecule has 24 heavy (non-hydrogen) atoms. The lowest BCUT2D eigenvalue weighted by Gasteiger charge is -2.11. The van der Waals surface area contributed by atoms with E-state index < -0.39 is 0 Å². The van der Waals surface area contributed by atoms with Crippen molar-refractivity contribution in [3.63, 3.8) is 0 Å². The molecule has 0 unspecified atom stereocenters. The van der Waals surface area contributed by atoms with E-state index in [4.69, 9.17) is 4.42 Å². The highest BCUT2D eigenvalue weighted by Crippen LogP contribution is 2.20. The van der Waals surface area contributed by atoms with Crippen molar-refractivity contribution < 1.29 is 4.42 Å². The van der Waals surface area contributed by atoms with Gasteiger partial charge in [-0.05, 0) is 26.2 Å². The van der Waals surface area contributed by atoms with E-state index in [0.29, 0.717) is 18.4 Å². The lowest BCUT2D eigenvalue weighted by molar-refractivity contribution is 0.508. The fourth-order valence-corrected chi connectivity index (χ4v) is 2.20. The minimum atomic E-state index is 0.420. The Labute approximate surface area is 144 Å². The second kappa shape index (κ2) is 9.11. The van der Waals surface area contributed by atoms with Crippen LogP contribution < -0.4 is 10.6 Å². The molecule has 0 amide bonds. The summed E-state index contributed by atoms with van der Waals surface area (Å²) in [5.41, 5.74) is 2.26. The van der Waals surface area contributed by atoms with Crippen LogP contribution in [0.3, 0.4) is 0 Å². The highest BCUT2D eigenvalue weighted by atomic mass is 16.4. The molecule has 0 bridgehead atoms. The van der Waals surface area contributed by atoms with Crippen molar-refractivity contribution >= 4 is 5.96 Å². The van der Waals surface area contributed by atoms with Crippen molar-refractivity contribution in [2.75, 3.05) is 13.1 Å². The minimum Gasteiger partial charge on any atom is -0.439 e. The third-order valence-corrected chi connectivity index (χ3v) is 3.62. The average Bonchev–Trinajstić information content (AvgIpc) is 3.02. The maximum Gasteiger partial charge on any atom is 0.216 e. The Morgan fingerprint density at radius 2 is 1.96 bits per heavy atom. The molecular weight excluding hydrogens is 300 g/mol. The first-order chi connectivity index (χ1) is 11.6. The first kappa shape index (κ1) is 18.0. The van der Waals surface area contributed by atoms with Gasteiger partial charge in [0.05, 0.1) is 6.20 Å². The van der Waals surface area contributed by atoms with Crippen molar-refractivity contribution in [3.8, 4) is 11.3 Å². The van der Waals surface area contributed by atoms with Crippen LogP contribution in [0, 0.1) is 12.8 Å². The van der Waals surface area contributed by atoms with E-state index in [2.05, 4.69) is 60.4 Å². The number of hydrogen-bond donors (Lipinski definition) is 2. The summed E-state index contributed by atoms with van der Waals surface area (Å²) < 4.78 is 5.81. The van der Waals surface area contributed by atoms with Crippen molar-refractivity contribution in [1.82, 2.24) is 15.6 Å². The van der Waals surface area contributed by atoms with Crippen LogP contribution in [-0.2, 0) is 6.54 Å². The smallest absolute Gasteiger partial charge is 0.216 e. The summed E-state index contributed by atoms with van der Waals surface area (Å²) in [4.78, 5) is 8.87. The zero-order chi connectivity index (χ0) is 17.4. The van der Waals surface area contributed by atoms with Gasteiger partial charge in [0.1, 0.15) is 6.54 Å². The van der Waals surface area contributed by atoms with E-state index in [9.17, 15) is 0 Å². The zero-order valence-electron chi connectivity index (χ0n) is 15.1. The van der Waals surface area contributed by atoms with Crippen LogP contribution in [0.1, 0.15) is 38.6 Å². The van der Waals surface area contributed by atoms with Crippen LogP contribution in [-0.4, -0.2) is 24.0 Å². The Morgan fingerprint density at radius 3 is 2.62 bits per heavy atom. The summed E-state index contributed by atoms with van der Waals surface area (Å²) in [7, 11) is 0. The Bertz CT molecular complexity index is 644. The summed E-state index contributed by atoms with van der Waals surface area (Å²) in [5, 5.41) is 6.58. The number of aryl methyl sites for hydroxylation is 1. The van der Waals surface area contributed by atoms with Crippen LogP contribution in [0.5, 0.6) is 0 Å². The number of aliphatic imine (C=N–C) groups is 1. The second-order valence-electron chi connectivity index (χ2n) is 6.29. The number of rotatable bonds is 7. The van der Waals surface area contributed by atoms with Crippen molar-refractivity contribution in [3.05, 3.63) is 41.9 Å². The van der Waals surface area contributed by atoms with Gasteiger partial charge in [-0.1, -0.05) is 43.7 Å². The van der Waals surface area contributed by atoms with E-state index in [0.717, 1.165) is 36.8 Å². The van der Waals surface area contributed by atoms with Gasteiger partial charge in [0.15, 0.2) is 11.7 Å². The van der Waals surface area contributed by atoms with E-state index in [1.54, 1.807) is 6.20 Å². The van der Waals surface area contributed by atoms with Gasteiger partial charge < -0.3 is 15.1 Å². The molecule has 5 heteroatoms. The quantitative estimate of drug-likeness (QED) is 0.600. The SMILES string of the molecule is CCNC(=NCc1ncc(-c2ccc(C)cc2)o1)NCCC(C)C. The minimum absolute atomic E-state index is 0.420. The van der Waals surface area contributed by atoms with Gasteiger partial charge in [0.25, 0.3) is 0 Å². The highest BCUT2D eigenvalue weighted by Gasteiger charge is 2.06. The van der Waals surface area contributed by atoms with Crippen LogP contribution in [0.15, 0.2) is 39.9 Å². The normalized spacial score (nSPS) is 11.8. The largest absolute Gasteiger partial charge is 0.439 e. The van der Waals surface area contributed by atoms with E-state index in [1.165, 1.54) is 5.56 Å². The molecule has 0 aliphatic carbocycles. The van der Waals surface area contributed by atoms with Gasteiger partial charge >= 0.3 is 0 Å². The molecule has 5 nitrogen and oxygen atoms in total. The lowest BCUT2D eigenvalue weighted by atomic mass is 10.1. The standard InChI is InChI=1S/C19H28N4O/c1-5-20-19(21-11-10-14(2)3)23-13-18-22-12-17(24-18)16-8-6-15(4)7-9-16/h6-9,12,14H,5,10-11,13H2,1-4H3,(H2,20,21,23). The van der Waals surface area contributed by atoms with Gasteiger partial charge in [-0.25, -0.2) is 9.98 Å². The van der Waals surface area contributed by atoms with Crippen LogP contribution in [0.25, 0.3) is 11.3 Å². The van der Waals surface area contributed by atoms with Crippen LogP contribution in [0.4, 0.5) is 0 Å².